The second-order valence-corrected chi connectivity index (χ2v) is 5.82. The minimum Gasteiger partial charge on any atom is -0.465 e. The first kappa shape index (κ1) is 17.4. The number of benzene rings is 2. The summed E-state index contributed by atoms with van der Waals surface area (Å²) in [7, 11) is 1.34. The molecule has 0 saturated heterocycles. The Morgan fingerprint density at radius 2 is 1.73 bits per heavy atom. The molecule has 0 amide bonds. The second kappa shape index (κ2) is 7.23. The molecule has 26 heavy (non-hydrogen) atoms. The fourth-order valence-electron chi connectivity index (χ4n) is 2.77. The average molecular weight is 349 g/mol. The number of ether oxygens (including phenoxy) is 1. The van der Waals surface area contributed by atoms with Gasteiger partial charge in [-0.2, -0.15) is 0 Å². The molecule has 6 heteroatoms. The molecule has 0 unspecified atom stereocenters. The smallest absolute Gasteiger partial charge is 0.337 e. The molecular weight excluding hydrogens is 330 g/mol. The monoisotopic (exact) mass is 349 g/mol. The molecule has 0 atom stereocenters. The zero-order valence-corrected chi connectivity index (χ0v) is 14.8. The number of aliphatic imine (C=N–C) groups is 1. The van der Waals surface area contributed by atoms with E-state index in [0.29, 0.717) is 22.5 Å². The van der Waals surface area contributed by atoms with E-state index in [-0.39, 0.29) is 5.56 Å². The van der Waals surface area contributed by atoms with Crippen LogP contribution in [0.2, 0.25) is 0 Å². The highest BCUT2D eigenvalue weighted by Crippen LogP contribution is 2.16. The number of aryl methyl sites for hydroxylation is 1. The fraction of sp³-hybridized carbons (Fsp3) is 0.150. The summed E-state index contributed by atoms with van der Waals surface area (Å²) in [5.74, 6) is -0.399. The lowest BCUT2D eigenvalue weighted by molar-refractivity contribution is 0.0601. The van der Waals surface area contributed by atoms with Gasteiger partial charge in [-0.05, 0) is 50.2 Å². The third-order valence-corrected chi connectivity index (χ3v) is 4.03. The van der Waals surface area contributed by atoms with Gasteiger partial charge < -0.3 is 4.74 Å². The number of para-hydroxylation sites is 1. The van der Waals surface area contributed by atoms with Crippen molar-refractivity contribution in [2.24, 2.45) is 4.99 Å². The van der Waals surface area contributed by atoms with Gasteiger partial charge in [-0.15, -0.1) is 0 Å². The predicted molar refractivity (Wildman–Crippen MR) is 101 cm³/mol. The predicted octanol–water partition coefficient (Wildman–Crippen LogP) is 3.40. The maximum atomic E-state index is 12.8. The van der Waals surface area contributed by atoms with E-state index in [2.05, 4.69) is 14.8 Å². The number of esters is 1. The number of nitrogens with zero attached hydrogens (tertiary/aromatic N) is 2. The van der Waals surface area contributed by atoms with Gasteiger partial charge in [0.25, 0.3) is 5.56 Å². The Balaban J connectivity index is 1.96. The van der Waals surface area contributed by atoms with E-state index in [0.717, 1.165) is 11.4 Å². The number of H-pyrrole nitrogens is 1. The first-order chi connectivity index (χ1) is 12.5. The van der Waals surface area contributed by atoms with E-state index in [1.165, 1.54) is 11.8 Å². The van der Waals surface area contributed by atoms with Gasteiger partial charge in [0.05, 0.1) is 35.3 Å². The van der Waals surface area contributed by atoms with Gasteiger partial charge in [-0.1, -0.05) is 18.2 Å². The molecule has 1 aromatic heterocycles. The molecule has 0 saturated carbocycles. The molecule has 0 aliphatic rings. The molecule has 0 bridgehead atoms. The average Bonchev–Trinajstić information content (AvgIpc) is 2.96. The van der Waals surface area contributed by atoms with Crippen LogP contribution in [0.1, 0.15) is 28.5 Å². The van der Waals surface area contributed by atoms with Gasteiger partial charge >= 0.3 is 5.97 Å². The number of hydrogen-bond donors (Lipinski definition) is 1. The number of aromatic nitrogens is 2. The molecule has 2 aromatic carbocycles. The van der Waals surface area contributed by atoms with Crippen molar-refractivity contribution in [3.63, 3.8) is 0 Å². The summed E-state index contributed by atoms with van der Waals surface area (Å²) >= 11 is 0. The van der Waals surface area contributed by atoms with E-state index >= 15 is 0 Å². The highest BCUT2D eigenvalue weighted by molar-refractivity contribution is 6.01. The van der Waals surface area contributed by atoms with Gasteiger partial charge in [0.1, 0.15) is 0 Å². The number of hydrogen-bond acceptors (Lipinski definition) is 4. The Hall–Kier alpha value is -3.41. The lowest BCUT2D eigenvalue weighted by atomic mass is 10.1. The van der Waals surface area contributed by atoms with Crippen LogP contribution in [0.5, 0.6) is 0 Å². The summed E-state index contributed by atoms with van der Waals surface area (Å²) in [6.45, 7) is 3.64. The summed E-state index contributed by atoms with van der Waals surface area (Å²) in [4.78, 5) is 28.8. The van der Waals surface area contributed by atoms with Gasteiger partial charge in [0.2, 0.25) is 0 Å². The van der Waals surface area contributed by atoms with Crippen LogP contribution in [0.15, 0.2) is 64.4 Å². The van der Waals surface area contributed by atoms with Crippen molar-refractivity contribution in [1.82, 2.24) is 9.78 Å². The summed E-state index contributed by atoms with van der Waals surface area (Å²) in [6.07, 6.45) is 0. The third kappa shape index (κ3) is 3.35. The van der Waals surface area contributed by atoms with Crippen molar-refractivity contribution in [2.75, 3.05) is 7.11 Å². The van der Waals surface area contributed by atoms with Gasteiger partial charge in [-0.25, -0.2) is 9.48 Å². The summed E-state index contributed by atoms with van der Waals surface area (Å²) in [5, 5.41) is 3.09. The first-order valence-corrected chi connectivity index (χ1v) is 8.12. The van der Waals surface area contributed by atoms with Crippen LogP contribution in [0, 0.1) is 6.92 Å². The first-order valence-electron chi connectivity index (χ1n) is 8.12. The minimum atomic E-state index is -0.399. The summed E-state index contributed by atoms with van der Waals surface area (Å²) in [6, 6.07) is 16.1. The van der Waals surface area contributed by atoms with E-state index in [4.69, 9.17) is 0 Å². The van der Waals surface area contributed by atoms with Crippen LogP contribution in [0.25, 0.3) is 5.69 Å². The van der Waals surface area contributed by atoms with Crippen LogP contribution in [0.3, 0.4) is 0 Å². The van der Waals surface area contributed by atoms with Crippen LogP contribution in [-0.4, -0.2) is 28.6 Å². The molecule has 1 N–H and O–H groups in total. The van der Waals surface area contributed by atoms with E-state index in [1.807, 2.05) is 37.3 Å². The number of nitrogens with one attached hydrogen (secondary N) is 1. The number of rotatable bonds is 4. The Bertz CT molecular complexity index is 1010. The molecule has 1 heterocycles. The van der Waals surface area contributed by atoms with Crippen molar-refractivity contribution < 1.29 is 9.53 Å². The topological polar surface area (TPSA) is 76.4 Å². The van der Waals surface area contributed by atoms with Crippen molar-refractivity contribution in [3.05, 3.63) is 81.8 Å². The highest BCUT2D eigenvalue weighted by Gasteiger charge is 2.15. The Morgan fingerprint density at radius 3 is 2.35 bits per heavy atom. The highest BCUT2D eigenvalue weighted by atomic mass is 16.5. The zero-order valence-electron chi connectivity index (χ0n) is 14.8. The lowest BCUT2D eigenvalue weighted by Crippen LogP contribution is -2.19. The minimum absolute atomic E-state index is 0.152. The SMILES string of the molecule is COC(=O)c1ccc(N=C(C)c2c(C)[nH]n(-c3ccccc3)c2=O)cc1. The van der Waals surface area contributed by atoms with Gasteiger partial charge in [-0.3, -0.25) is 14.9 Å². The quantitative estimate of drug-likeness (QED) is 0.579. The standard InChI is InChI=1S/C20H19N3O3/c1-13(21-16-11-9-15(10-12-16)20(25)26-3)18-14(2)22-23(19(18)24)17-7-5-4-6-8-17/h4-12,22H,1-3H3. The Labute approximate surface area is 150 Å². The molecule has 0 aliphatic heterocycles. The molecule has 0 aliphatic carbocycles. The molecule has 3 aromatic rings. The summed E-state index contributed by atoms with van der Waals surface area (Å²) < 4.78 is 6.18. The molecular formula is C20H19N3O3. The Morgan fingerprint density at radius 1 is 1.08 bits per heavy atom. The van der Waals surface area contributed by atoms with E-state index in [1.54, 1.807) is 31.2 Å². The van der Waals surface area contributed by atoms with Crippen LogP contribution >= 0.6 is 0 Å². The number of carbonyl (C=O) groups is 1. The number of aromatic amines is 1. The molecule has 0 radical (unpaired) electrons. The lowest BCUT2D eigenvalue weighted by Gasteiger charge is -2.01. The largest absolute Gasteiger partial charge is 0.465 e. The fourth-order valence-corrected chi connectivity index (χ4v) is 2.77. The van der Waals surface area contributed by atoms with Gasteiger partial charge in [0.15, 0.2) is 0 Å². The normalized spacial score (nSPS) is 11.4. The van der Waals surface area contributed by atoms with Crippen LogP contribution < -0.4 is 5.56 Å². The van der Waals surface area contributed by atoms with Crippen molar-refractivity contribution in [3.8, 4) is 5.69 Å². The van der Waals surface area contributed by atoms with Crippen molar-refractivity contribution >= 4 is 17.4 Å². The molecule has 0 fully saturated rings. The van der Waals surface area contributed by atoms with Crippen LogP contribution in [-0.2, 0) is 4.74 Å². The van der Waals surface area contributed by atoms with Crippen molar-refractivity contribution in [2.45, 2.75) is 13.8 Å². The summed E-state index contributed by atoms with van der Waals surface area (Å²) in [5.41, 5.74) is 3.60. The zero-order chi connectivity index (χ0) is 18.7. The van der Waals surface area contributed by atoms with Crippen molar-refractivity contribution in [1.29, 1.82) is 0 Å². The molecule has 6 nitrogen and oxygen atoms in total. The third-order valence-electron chi connectivity index (χ3n) is 4.03. The molecule has 3 rings (SSSR count). The van der Waals surface area contributed by atoms with Gasteiger partial charge in [0, 0.05) is 5.69 Å². The molecule has 132 valence electrons. The Kier molecular flexibility index (Phi) is 4.84. The van der Waals surface area contributed by atoms with E-state index < -0.39 is 5.97 Å². The maximum Gasteiger partial charge on any atom is 0.337 e. The second-order valence-electron chi connectivity index (χ2n) is 5.82. The maximum absolute atomic E-state index is 12.8. The molecule has 0 spiro atoms. The number of carbonyl (C=O) groups excluding carboxylic acids is 1. The van der Waals surface area contributed by atoms with Crippen LogP contribution in [0.4, 0.5) is 5.69 Å². The van der Waals surface area contributed by atoms with E-state index in [9.17, 15) is 9.59 Å². The number of methoxy groups -OCH3 is 1.